The number of aryl methyl sites for hydroxylation is 1. The summed E-state index contributed by atoms with van der Waals surface area (Å²) in [7, 11) is 1.55. The number of carbonyl (C=O) groups is 1. The van der Waals surface area contributed by atoms with Gasteiger partial charge in [-0.3, -0.25) is 24.4 Å². The Kier molecular flexibility index (Phi) is 7.20. The van der Waals surface area contributed by atoms with E-state index in [4.69, 9.17) is 4.74 Å². The Bertz CT molecular complexity index is 1470. The summed E-state index contributed by atoms with van der Waals surface area (Å²) < 4.78 is 6.75. The van der Waals surface area contributed by atoms with Gasteiger partial charge in [0.15, 0.2) is 0 Å². The van der Waals surface area contributed by atoms with Crippen LogP contribution in [0.2, 0.25) is 0 Å². The maximum Gasteiger partial charge on any atom is 0.312 e. The van der Waals surface area contributed by atoms with Crippen LogP contribution in [0.1, 0.15) is 33.1 Å². The molecule has 0 saturated carbocycles. The van der Waals surface area contributed by atoms with Crippen LogP contribution in [0.25, 0.3) is 10.9 Å². The average Bonchev–Trinajstić information content (AvgIpc) is 3.14. The van der Waals surface area contributed by atoms with Crippen LogP contribution >= 0.6 is 0 Å². The number of aromatic amines is 1. The molecule has 0 atom stereocenters. The molecule has 1 amide bonds. The summed E-state index contributed by atoms with van der Waals surface area (Å²) in [5.74, 6) is 0.141. The number of methoxy groups -OCH3 is 1. The zero-order valence-corrected chi connectivity index (χ0v) is 20.2. The number of nitro groups is 1. The minimum atomic E-state index is -0.428. The molecule has 0 fully saturated rings. The van der Waals surface area contributed by atoms with Crippen molar-refractivity contribution in [2.45, 2.75) is 26.9 Å². The normalized spacial score (nSPS) is 11.1. The molecular formula is C25H26N6O5. The van der Waals surface area contributed by atoms with Crippen molar-refractivity contribution in [3.63, 3.8) is 0 Å². The summed E-state index contributed by atoms with van der Waals surface area (Å²) >= 11 is 0. The number of rotatable bonds is 9. The van der Waals surface area contributed by atoms with Crippen LogP contribution in [0.4, 0.5) is 5.69 Å². The third-order valence-electron chi connectivity index (χ3n) is 5.91. The molecule has 0 saturated heterocycles. The van der Waals surface area contributed by atoms with E-state index >= 15 is 0 Å². The first-order chi connectivity index (χ1) is 17.3. The molecule has 186 valence electrons. The van der Waals surface area contributed by atoms with E-state index in [1.807, 2.05) is 0 Å². The lowest BCUT2D eigenvalue weighted by molar-refractivity contribution is -0.386. The van der Waals surface area contributed by atoms with E-state index in [0.29, 0.717) is 53.4 Å². The fourth-order valence-corrected chi connectivity index (χ4v) is 4.06. The van der Waals surface area contributed by atoms with Gasteiger partial charge in [-0.25, -0.2) is 4.98 Å². The smallest absolute Gasteiger partial charge is 0.312 e. The molecule has 0 aliphatic rings. The van der Waals surface area contributed by atoms with Crippen molar-refractivity contribution in [2.75, 3.05) is 20.3 Å². The van der Waals surface area contributed by atoms with Gasteiger partial charge in [-0.15, -0.1) is 0 Å². The highest BCUT2D eigenvalue weighted by Crippen LogP contribution is 2.22. The average molecular weight is 491 g/mol. The van der Waals surface area contributed by atoms with E-state index in [9.17, 15) is 19.7 Å². The second-order valence-electron chi connectivity index (χ2n) is 8.38. The lowest BCUT2D eigenvalue weighted by Crippen LogP contribution is -2.34. The van der Waals surface area contributed by atoms with Crippen LogP contribution in [-0.4, -0.2) is 55.7 Å². The summed E-state index contributed by atoms with van der Waals surface area (Å²) in [6.07, 6.45) is 0. The number of nitrogens with one attached hydrogen (secondary N) is 1. The molecule has 0 aliphatic heterocycles. The van der Waals surface area contributed by atoms with Gasteiger partial charge in [-0.2, -0.15) is 5.10 Å². The van der Waals surface area contributed by atoms with Crippen molar-refractivity contribution in [2.24, 2.45) is 0 Å². The Hall–Kier alpha value is -4.38. The topological polar surface area (TPSA) is 136 Å². The van der Waals surface area contributed by atoms with E-state index in [2.05, 4.69) is 15.1 Å². The predicted octanol–water partition coefficient (Wildman–Crippen LogP) is 2.98. The number of hydrogen-bond donors (Lipinski definition) is 1. The quantitative estimate of drug-likeness (QED) is 0.281. The molecule has 2 aromatic carbocycles. The van der Waals surface area contributed by atoms with Gasteiger partial charge < -0.3 is 14.6 Å². The summed E-state index contributed by atoms with van der Waals surface area (Å²) in [5, 5.41) is 16.0. The summed E-state index contributed by atoms with van der Waals surface area (Å²) in [5.41, 5.74) is 2.44. The second-order valence-corrected chi connectivity index (χ2v) is 8.38. The van der Waals surface area contributed by atoms with Gasteiger partial charge in [-0.1, -0.05) is 24.3 Å². The molecule has 0 bridgehead atoms. The highest BCUT2D eigenvalue weighted by Gasteiger charge is 2.22. The number of fused-ring (bicyclic) bond motifs is 1. The lowest BCUT2D eigenvalue weighted by Gasteiger charge is -2.22. The van der Waals surface area contributed by atoms with Gasteiger partial charge >= 0.3 is 5.69 Å². The molecule has 0 radical (unpaired) electrons. The molecule has 36 heavy (non-hydrogen) atoms. The standard InChI is InChI=1S/C25H26N6O5/c1-16-23(31(34)35)17(2)30(28-16)14-18-8-10-19(11-9-18)25(33)29(12-13-36-3)15-22-26-21-7-5-4-6-20(21)24(32)27-22/h4-11H,12-15H2,1-3H3,(H,26,27,32). The number of nitrogens with zero attached hydrogens (tertiary/aromatic N) is 5. The molecule has 2 aromatic heterocycles. The number of carbonyl (C=O) groups excluding carboxylic acids is 1. The van der Waals surface area contributed by atoms with Gasteiger partial charge in [0.1, 0.15) is 17.2 Å². The summed E-state index contributed by atoms with van der Waals surface area (Å²) in [6.45, 7) is 4.34. The first kappa shape index (κ1) is 24.7. The zero-order chi connectivity index (χ0) is 25.8. The maximum atomic E-state index is 13.3. The molecule has 0 unspecified atom stereocenters. The van der Waals surface area contributed by atoms with Crippen LogP contribution in [0, 0.1) is 24.0 Å². The van der Waals surface area contributed by atoms with E-state index in [0.717, 1.165) is 5.56 Å². The highest BCUT2D eigenvalue weighted by atomic mass is 16.6. The van der Waals surface area contributed by atoms with Gasteiger partial charge in [0, 0.05) is 19.2 Å². The lowest BCUT2D eigenvalue weighted by atomic mass is 10.1. The molecule has 11 heteroatoms. The van der Waals surface area contributed by atoms with Crippen LogP contribution < -0.4 is 5.56 Å². The first-order valence-corrected chi connectivity index (χ1v) is 11.3. The molecule has 0 aliphatic carbocycles. The number of amides is 1. The third kappa shape index (κ3) is 5.15. The Balaban J connectivity index is 1.54. The number of para-hydroxylation sites is 1. The Morgan fingerprint density at radius 3 is 2.56 bits per heavy atom. The highest BCUT2D eigenvalue weighted by molar-refractivity contribution is 5.94. The Labute approximate surface area is 206 Å². The molecular weight excluding hydrogens is 464 g/mol. The monoisotopic (exact) mass is 490 g/mol. The van der Waals surface area contributed by atoms with E-state index < -0.39 is 4.92 Å². The van der Waals surface area contributed by atoms with Gasteiger partial charge in [-0.05, 0) is 43.7 Å². The van der Waals surface area contributed by atoms with Gasteiger partial charge in [0.25, 0.3) is 11.5 Å². The van der Waals surface area contributed by atoms with E-state index in [-0.39, 0.29) is 23.7 Å². The number of H-pyrrole nitrogens is 1. The van der Waals surface area contributed by atoms with E-state index in [1.54, 1.807) is 79.1 Å². The van der Waals surface area contributed by atoms with Crippen LogP contribution in [0.15, 0.2) is 53.3 Å². The van der Waals surface area contributed by atoms with Crippen molar-refractivity contribution < 1.29 is 14.5 Å². The Morgan fingerprint density at radius 2 is 1.89 bits per heavy atom. The zero-order valence-electron chi connectivity index (χ0n) is 20.2. The van der Waals surface area contributed by atoms with Gasteiger partial charge in [0.05, 0.1) is 35.5 Å². The van der Waals surface area contributed by atoms with Crippen molar-refractivity contribution in [1.29, 1.82) is 0 Å². The molecule has 4 rings (SSSR count). The minimum absolute atomic E-state index is 0.0101. The largest absolute Gasteiger partial charge is 0.383 e. The number of aromatic nitrogens is 4. The SMILES string of the molecule is COCCN(Cc1nc2ccccc2c(=O)[nH]1)C(=O)c1ccc(Cn2nc(C)c([N+](=O)[O-])c2C)cc1. The molecule has 2 heterocycles. The molecule has 0 spiro atoms. The number of ether oxygens (including phenoxy) is 1. The van der Waals surface area contributed by atoms with Crippen molar-refractivity contribution in [3.8, 4) is 0 Å². The molecule has 11 nitrogen and oxygen atoms in total. The predicted molar refractivity (Wildman–Crippen MR) is 133 cm³/mol. The fraction of sp³-hybridized carbons (Fsp3) is 0.280. The Morgan fingerprint density at radius 1 is 1.17 bits per heavy atom. The second kappa shape index (κ2) is 10.5. The van der Waals surface area contributed by atoms with Gasteiger partial charge in [0.2, 0.25) is 0 Å². The van der Waals surface area contributed by atoms with Crippen molar-refractivity contribution in [1.82, 2.24) is 24.6 Å². The van der Waals surface area contributed by atoms with Crippen LogP contribution in [0.3, 0.4) is 0 Å². The summed E-state index contributed by atoms with van der Waals surface area (Å²) in [4.78, 5) is 45.4. The third-order valence-corrected chi connectivity index (χ3v) is 5.91. The summed E-state index contributed by atoms with van der Waals surface area (Å²) in [6, 6.07) is 14.0. The van der Waals surface area contributed by atoms with Crippen LogP contribution in [0.5, 0.6) is 0 Å². The number of benzene rings is 2. The maximum absolute atomic E-state index is 13.3. The van der Waals surface area contributed by atoms with Crippen LogP contribution in [-0.2, 0) is 17.8 Å². The minimum Gasteiger partial charge on any atom is -0.383 e. The number of hydrogen-bond acceptors (Lipinski definition) is 7. The van der Waals surface area contributed by atoms with Crippen molar-refractivity contribution in [3.05, 3.63) is 97.3 Å². The first-order valence-electron chi connectivity index (χ1n) is 11.3. The molecule has 1 N–H and O–H groups in total. The fourth-order valence-electron chi connectivity index (χ4n) is 4.06. The van der Waals surface area contributed by atoms with E-state index in [1.165, 1.54) is 0 Å². The van der Waals surface area contributed by atoms with Crippen molar-refractivity contribution >= 4 is 22.5 Å². The molecule has 4 aromatic rings.